The molecule has 2 rings (SSSR count). The predicted octanol–water partition coefficient (Wildman–Crippen LogP) is 1.35. The van der Waals surface area contributed by atoms with Gasteiger partial charge in [-0.1, -0.05) is 21.6 Å². The Hall–Kier alpha value is -0.190. The maximum absolute atomic E-state index is 12.5. The Labute approximate surface area is 157 Å². The number of hydrogen-bond acceptors (Lipinski definition) is 7. The van der Waals surface area contributed by atoms with E-state index in [4.69, 9.17) is 0 Å². The lowest BCUT2D eigenvalue weighted by Gasteiger charge is -2.11. The highest BCUT2D eigenvalue weighted by Crippen LogP contribution is 2.23. The molecule has 1 aromatic rings. The molecule has 24 heavy (non-hydrogen) atoms. The maximum Gasteiger partial charge on any atom is 0.336 e. The van der Waals surface area contributed by atoms with Gasteiger partial charge in [0.25, 0.3) is 0 Å². The summed E-state index contributed by atoms with van der Waals surface area (Å²) in [7, 11) is 5.27. The van der Waals surface area contributed by atoms with Gasteiger partial charge in [-0.15, -0.1) is 0 Å². The van der Waals surface area contributed by atoms with E-state index in [1.165, 1.54) is 16.2 Å². The quantitative estimate of drug-likeness (QED) is 0.599. The molecule has 2 bridgehead atoms. The highest BCUT2D eigenvalue weighted by Gasteiger charge is 2.12. The summed E-state index contributed by atoms with van der Waals surface area (Å²) in [5, 5.41) is 0. The van der Waals surface area contributed by atoms with Gasteiger partial charge < -0.3 is 0 Å². The van der Waals surface area contributed by atoms with Crippen molar-refractivity contribution in [3.8, 4) is 0 Å². The molecule has 1 aromatic heterocycles. The first kappa shape index (κ1) is 20.1. The van der Waals surface area contributed by atoms with E-state index in [9.17, 15) is 14.4 Å². The van der Waals surface area contributed by atoms with E-state index in [-0.39, 0.29) is 0 Å². The molecule has 0 aliphatic carbocycles. The first-order chi connectivity index (χ1) is 11.6. The fraction of sp³-hybridized carbons (Fsp3) is 0.786. The highest BCUT2D eigenvalue weighted by atomic mass is 33.1. The summed E-state index contributed by atoms with van der Waals surface area (Å²) < 4.78 is 3.46. The fourth-order valence-corrected chi connectivity index (χ4v) is 7.02. The summed E-state index contributed by atoms with van der Waals surface area (Å²) in [4.78, 5) is 36.9. The Balaban J connectivity index is 2.18. The summed E-state index contributed by atoms with van der Waals surface area (Å²) in [6, 6.07) is 0. The zero-order valence-corrected chi connectivity index (χ0v) is 17.0. The summed E-state index contributed by atoms with van der Waals surface area (Å²) in [5.41, 5.74) is -1.48. The summed E-state index contributed by atoms with van der Waals surface area (Å²) in [6.45, 7) is 0.741. The molecule has 0 amide bonds. The molecule has 0 fully saturated rings. The van der Waals surface area contributed by atoms with Crippen LogP contribution < -0.4 is 17.1 Å². The van der Waals surface area contributed by atoms with Crippen molar-refractivity contribution in [1.29, 1.82) is 0 Å². The van der Waals surface area contributed by atoms with Gasteiger partial charge in [0, 0.05) is 43.1 Å². The fourth-order valence-electron chi connectivity index (χ4n) is 2.29. The molecule has 136 valence electrons. The average Bonchev–Trinajstić information content (AvgIpc) is 2.58. The van der Waals surface area contributed by atoms with Crippen LogP contribution in [0.2, 0.25) is 0 Å². The third-order valence-corrected chi connectivity index (χ3v) is 8.61. The summed E-state index contributed by atoms with van der Waals surface area (Å²) in [6.07, 6.45) is 1.51. The Morgan fingerprint density at radius 2 is 1.12 bits per heavy atom. The summed E-state index contributed by atoms with van der Waals surface area (Å²) in [5.74, 6) is 6.22. The number of hydrogen-bond donors (Lipinski definition) is 0. The molecule has 0 unspecified atom stereocenters. The normalized spacial score (nSPS) is 18.9. The molecule has 2 heterocycles. The molecular formula is C14H23N3O3S4. The Morgan fingerprint density at radius 3 is 1.58 bits per heavy atom. The largest absolute Gasteiger partial charge is 0.336 e. The van der Waals surface area contributed by atoms with Crippen molar-refractivity contribution >= 4 is 45.1 Å². The third kappa shape index (κ3) is 5.67. The predicted molar refractivity (Wildman–Crippen MR) is 109 cm³/mol. The number of fused-ring (bicyclic) bond motifs is 2. The third-order valence-electron chi connectivity index (χ3n) is 3.54. The molecule has 1 aliphatic heterocycles. The molecule has 0 N–H and O–H groups in total. The van der Waals surface area contributed by atoms with Crippen molar-refractivity contribution in [2.75, 3.05) is 34.5 Å². The van der Waals surface area contributed by atoms with E-state index < -0.39 is 17.1 Å². The zero-order chi connectivity index (χ0) is 17.4. The zero-order valence-electron chi connectivity index (χ0n) is 13.8. The second-order valence-corrected chi connectivity index (χ2v) is 10.4. The minimum absolute atomic E-state index is 0.370. The van der Waals surface area contributed by atoms with E-state index in [2.05, 4.69) is 0 Å². The van der Waals surface area contributed by atoms with Crippen LogP contribution in [0.25, 0.3) is 0 Å². The minimum atomic E-state index is -0.509. The summed E-state index contributed by atoms with van der Waals surface area (Å²) >= 11 is 3.69. The second-order valence-electron chi connectivity index (χ2n) is 5.29. The Kier molecular flexibility index (Phi) is 8.99. The lowest BCUT2D eigenvalue weighted by atomic mass is 10.4. The van der Waals surface area contributed by atoms with Crippen LogP contribution in [-0.4, -0.2) is 48.2 Å². The number of aromatic nitrogens is 3. The van der Waals surface area contributed by atoms with Crippen LogP contribution >= 0.6 is 45.1 Å². The molecule has 0 aromatic carbocycles. The van der Waals surface area contributed by atoms with Crippen LogP contribution in [-0.2, 0) is 20.1 Å². The molecule has 6 nitrogen and oxygen atoms in total. The van der Waals surface area contributed by atoms with E-state index in [1.54, 1.807) is 0 Å². The van der Waals surface area contributed by atoms with Gasteiger partial charge in [0.2, 0.25) is 0 Å². The molecule has 0 saturated carbocycles. The van der Waals surface area contributed by atoms with Crippen LogP contribution in [0.3, 0.4) is 0 Å². The SMILES string of the molecule is Cn1c(=O)n2c(=O)n(c1=O)CCCSCCSSCCSCCC2. The van der Waals surface area contributed by atoms with Crippen molar-refractivity contribution in [3.63, 3.8) is 0 Å². The maximum atomic E-state index is 12.5. The molecule has 1 aliphatic rings. The number of thioether (sulfide) groups is 2. The van der Waals surface area contributed by atoms with Gasteiger partial charge in [0.05, 0.1) is 0 Å². The molecular weight excluding hydrogens is 386 g/mol. The topological polar surface area (TPSA) is 66.0 Å². The molecule has 0 spiro atoms. The van der Waals surface area contributed by atoms with Crippen LogP contribution in [0.5, 0.6) is 0 Å². The second kappa shape index (κ2) is 10.7. The van der Waals surface area contributed by atoms with Gasteiger partial charge in [-0.25, -0.2) is 28.1 Å². The number of rotatable bonds is 0. The highest BCUT2D eigenvalue weighted by molar-refractivity contribution is 8.76. The van der Waals surface area contributed by atoms with Gasteiger partial charge in [-0.3, -0.25) is 0 Å². The van der Waals surface area contributed by atoms with Crippen LogP contribution in [0.4, 0.5) is 0 Å². The van der Waals surface area contributed by atoms with Gasteiger partial charge in [-0.05, 0) is 24.3 Å². The number of nitrogens with zero attached hydrogens (tertiary/aromatic N) is 3. The molecule has 0 radical (unpaired) electrons. The molecule has 0 saturated heterocycles. The van der Waals surface area contributed by atoms with Crippen molar-refractivity contribution in [2.24, 2.45) is 7.05 Å². The lowest BCUT2D eigenvalue weighted by molar-refractivity contribution is 0.466. The van der Waals surface area contributed by atoms with E-state index >= 15 is 0 Å². The van der Waals surface area contributed by atoms with Crippen molar-refractivity contribution in [3.05, 3.63) is 31.5 Å². The lowest BCUT2D eigenvalue weighted by Crippen LogP contribution is -2.53. The van der Waals surface area contributed by atoms with Crippen LogP contribution in [0.15, 0.2) is 14.4 Å². The van der Waals surface area contributed by atoms with E-state index in [1.807, 2.05) is 45.1 Å². The van der Waals surface area contributed by atoms with Crippen LogP contribution in [0.1, 0.15) is 12.8 Å². The van der Waals surface area contributed by atoms with Crippen molar-refractivity contribution < 1.29 is 0 Å². The van der Waals surface area contributed by atoms with E-state index in [0.717, 1.165) is 51.9 Å². The standard InChI is InChI=1S/C14H23N3O3S4/c1-15-12(18)16-4-2-6-21-8-10-23-24-11-9-22-7-3-5-17(13(15)19)14(16)20/h2-11H2,1H3. The van der Waals surface area contributed by atoms with Crippen molar-refractivity contribution in [1.82, 2.24) is 13.7 Å². The van der Waals surface area contributed by atoms with E-state index in [0.29, 0.717) is 13.1 Å². The Morgan fingerprint density at radius 1 is 0.667 bits per heavy atom. The first-order valence-electron chi connectivity index (χ1n) is 7.93. The Bertz CT molecular complexity index is 644. The monoisotopic (exact) mass is 409 g/mol. The van der Waals surface area contributed by atoms with Gasteiger partial charge >= 0.3 is 17.1 Å². The average molecular weight is 410 g/mol. The molecule has 10 heteroatoms. The van der Waals surface area contributed by atoms with Gasteiger partial charge in [-0.2, -0.15) is 23.5 Å². The van der Waals surface area contributed by atoms with Crippen molar-refractivity contribution in [2.45, 2.75) is 25.9 Å². The van der Waals surface area contributed by atoms with Gasteiger partial charge in [0.1, 0.15) is 0 Å². The minimum Gasteiger partial charge on any atom is -0.248 e. The molecule has 0 atom stereocenters. The smallest absolute Gasteiger partial charge is 0.248 e. The first-order valence-corrected chi connectivity index (χ1v) is 12.7. The van der Waals surface area contributed by atoms with Crippen LogP contribution in [0, 0.1) is 0 Å². The van der Waals surface area contributed by atoms with Gasteiger partial charge in [0.15, 0.2) is 0 Å².